The molecule has 2 heterocycles. The van der Waals surface area contributed by atoms with Gasteiger partial charge in [-0.1, -0.05) is 43.8 Å². The molecule has 32 heavy (non-hydrogen) atoms. The molecule has 0 fully saturated rings. The van der Waals surface area contributed by atoms with E-state index in [0.29, 0.717) is 30.1 Å². The van der Waals surface area contributed by atoms with Crippen LogP contribution in [0.3, 0.4) is 0 Å². The fraction of sp³-hybridized carbons (Fsp3) is 0.417. The maximum atomic E-state index is 12.4. The lowest BCUT2D eigenvalue weighted by Gasteiger charge is -2.16. The van der Waals surface area contributed by atoms with Crippen molar-refractivity contribution in [3.05, 3.63) is 54.4 Å². The third-order valence-electron chi connectivity index (χ3n) is 4.78. The van der Waals surface area contributed by atoms with Crippen molar-refractivity contribution in [1.82, 2.24) is 25.1 Å². The molecule has 3 rings (SSSR count). The molecule has 0 aliphatic carbocycles. The highest BCUT2D eigenvalue weighted by Crippen LogP contribution is 2.31. The normalized spacial score (nSPS) is 11.3. The number of carbonyl (C=O) groups is 1. The number of amides is 1. The van der Waals surface area contributed by atoms with Gasteiger partial charge in [0.05, 0.1) is 17.5 Å². The van der Waals surface area contributed by atoms with Crippen LogP contribution in [0.1, 0.15) is 45.6 Å². The molecular weight excluding hydrogens is 422 g/mol. The van der Waals surface area contributed by atoms with E-state index in [-0.39, 0.29) is 17.8 Å². The van der Waals surface area contributed by atoms with Crippen molar-refractivity contribution in [2.45, 2.75) is 51.3 Å². The van der Waals surface area contributed by atoms with Crippen molar-refractivity contribution in [2.75, 3.05) is 18.9 Å². The molecule has 1 aromatic carbocycles. The predicted octanol–water partition coefficient (Wildman–Crippen LogP) is 4.48. The number of ether oxygens (including phenoxy) is 1. The zero-order valence-corrected chi connectivity index (χ0v) is 19.9. The second-order valence-corrected chi connectivity index (χ2v) is 8.95. The Balaban J connectivity index is 1.79. The van der Waals surface area contributed by atoms with Crippen LogP contribution in [0.15, 0.2) is 53.9 Å². The van der Waals surface area contributed by atoms with E-state index in [2.05, 4.69) is 46.5 Å². The van der Waals surface area contributed by atoms with Crippen molar-refractivity contribution < 1.29 is 9.53 Å². The van der Waals surface area contributed by atoms with Gasteiger partial charge in [-0.3, -0.25) is 14.3 Å². The van der Waals surface area contributed by atoms with Gasteiger partial charge < -0.3 is 10.1 Å². The molecule has 0 atom stereocenters. The molecule has 0 aliphatic heterocycles. The fourth-order valence-electron chi connectivity index (χ4n) is 3.24. The summed E-state index contributed by atoms with van der Waals surface area (Å²) < 4.78 is 7.54. The average molecular weight is 454 g/mol. The van der Waals surface area contributed by atoms with E-state index in [1.165, 1.54) is 17.3 Å². The molecular formula is C24H31N5O2S. The molecule has 7 nitrogen and oxygen atoms in total. The van der Waals surface area contributed by atoms with E-state index in [0.717, 1.165) is 17.7 Å². The van der Waals surface area contributed by atoms with Gasteiger partial charge in [0, 0.05) is 31.1 Å². The van der Waals surface area contributed by atoms with E-state index in [9.17, 15) is 4.79 Å². The summed E-state index contributed by atoms with van der Waals surface area (Å²) in [5, 5.41) is 12.5. The summed E-state index contributed by atoms with van der Waals surface area (Å²) in [6.45, 7) is 9.56. The van der Waals surface area contributed by atoms with Gasteiger partial charge in [0.2, 0.25) is 5.91 Å². The number of hydrogen-bond acceptors (Lipinski definition) is 6. The lowest BCUT2D eigenvalue weighted by molar-refractivity contribution is -0.118. The summed E-state index contributed by atoms with van der Waals surface area (Å²) in [5.74, 6) is 1.26. The number of carbonyl (C=O) groups excluding carboxylic acids is 1. The topological polar surface area (TPSA) is 81.9 Å². The number of hydrogen-bond donors (Lipinski definition) is 1. The van der Waals surface area contributed by atoms with Crippen LogP contribution in [-0.2, 0) is 9.53 Å². The van der Waals surface area contributed by atoms with Crippen LogP contribution in [-0.4, -0.2) is 50.7 Å². The van der Waals surface area contributed by atoms with Crippen LogP contribution < -0.4 is 5.32 Å². The molecule has 1 amide bonds. The highest BCUT2D eigenvalue weighted by molar-refractivity contribution is 7.99. The van der Waals surface area contributed by atoms with Gasteiger partial charge >= 0.3 is 0 Å². The lowest BCUT2D eigenvalue weighted by Crippen LogP contribution is -2.27. The quantitative estimate of drug-likeness (QED) is 0.341. The average Bonchev–Trinajstić information content (AvgIpc) is 3.21. The minimum absolute atomic E-state index is 0.0332. The van der Waals surface area contributed by atoms with Crippen molar-refractivity contribution in [1.29, 1.82) is 0 Å². The smallest absolute Gasteiger partial charge is 0.230 e. The molecule has 1 N–H and O–H groups in total. The van der Waals surface area contributed by atoms with E-state index in [1.807, 2.05) is 42.7 Å². The maximum Gasteiger partial charge on any atom is 0.230 e. The van der Waals surface area contributed by atoms with E-state index in [4.69, 9.17) is 4.74 Å². The Morgan fingerprint density at radius 3 is 2.66 bits per heavy atom. The molecule has 8 heteroatoms. The van der Waals surface area contributed by atoms with E-state index >= 15 is 0 Å². The van der Waals surface area contributed by atoms with Gasteiger partial charge in [-0.15, -0.1) is 10.2 Å². The summed E-state index contributed by atoms with van der Waals surface area (Å²) in [6.07, 6.45) is 4.50. The van der Waals surface area contributed by atoms with E-state index < -0.39 is 0 Å². The van der Waals surface area contributed by atoms with Crippen LogP contribution in [0.4, 0.5) is 0 Å². The van der Waals surface area contributed by atoms with E-state index in [1.54, 1.807) is 12.4 Å². The van der Waals surface area contributed by atoms with Crippen LogP contribution in [0, 0.1) is 0 Å². The first-order valence-electron chi connectivity index (χ1n) is 10.9. The minimum atomic E-state index is -0.0332. The van der Waals surface area contributed by atoms with Gasteiger partial charge in [0.15, 0.2) is 11.0 Å². The standard InChI is InChI=1S/C24H31N5O2S/c1-17(2)20-10-5-6-11-21(20)29-23(19-9-7-12-25-15-19)27-28-24(29)32-16-22(30)26-13-8-14-31-18(3)4/h5-7,9-12,15,17-18H,8,13-14,16H2,1-4H3,(H,26,30). The molecule has 0 spiro atoms. The van der Waals surface area contributed by atoms with Crippen LogP contribution >= 0.6 is 11.8 Å². The second-order valence-electron chi connectivity index (χ2n) is 8.01. The van der Waals surface area contributed by atoms with Crippen molar-refractivity contribution >= 4 is 17.7 Å². The van der Waals surface area contributed by atoms with Crippen molar-refractivity contribution in [3.8, 4) is 17.1 Å². The Kier molecular flexibility index (Phi) is 8.81. The first-order valence-corrected chi connectivity index (χ1v) is 11.9. The molecule has 2 aromatic heterocycles. The molecule has 0 saturated carbocycles. The van der Waals surface area contributed by atoms with Gasteiger partial charge in [0.1, 0.15) is 0 Å². The van der Waals surface area contributed by atoms with Gasteiger partial charge in [-0.2, -0.15) is 0 Å². The monoisotopic (exact) mass is 453 g/mol. The number of rotatable bonds is 11. The number of para-hydroxylation sites is 1. The zero-order chi connectivity index (χ0) is 22.9. The van der Waals surface area contributed by atoms with Gasteiger partial charge in [0.25, 0.3) is 0 Å². The summed E-state index contributed by atoms with van der Waals surface area (Å²) in [4.78, 5) is 16.6. The van der Waals surface area contributed by atoms with Crippen LogP contribution in [0.5, 0.6) is 0 Å². The first kappa shape index (κ1) is 23.9. The Morgan fingerprint density at radius 2 is 1.94 bits per heavy atom. The Morgan fingerprint density at radius 1 is 1.12 bits per heavy atom. The number of benzene rings is 1. The number of aromatic nitrogens is 4. The molecule has 0 unspecified atom stereocenters. The predicted molar refractivity (Wildman–Crippen MR) is 128 cm³/mol. The van der Waals surface area contributed by atoms with Crippen LogP contribution in [0.25, 0.3) is 17.1 Å². The Labute approximate surface area is 194 Å². The second kappa shape index (κ2) is 11.8. The zero-order valence-electron chi connectivity index (χ0n) is 19.1. The highest BCUT2D eigenvalue weighted by atomic mass is 32.2. The van der Waals surface area contributed by atoms with Crippen molar-refractivity contribution in [3.63, 3.8) is 0 Å². The van der Waals surface area contributed by atoms with Gasteiger partial charge in [-0.05, 0) is 49.9 Å². The SMILES string of the molecule is CC(C)OCCCNC(=O)CSc1nnc(-c2cccnc2)n1-c1ccccc1C(C)C. The number of pyridine rings is 1. The number of nitrogens with zero attached hydrogens (tertiary/aromatic N) is 4. The van der Waals surface area contributed by atoms with Gasteiger partial charge in [-0.25, -0.2) is 0 Å². The molecule has 0 bridgehead atoms. The van der Waals surface area contributed by atoms with Crippen LogP contribution in [0.2, 0.25) is 0 Å². The third-order valence-corrected chi connectivity index (χ3v) is 5.71. The molecule has 0 radical (unpaired) electrons. The summed E-state index contributed by atoms with van der Waals surface area (Å²) >= 11 is 1.38. The summed E-state index contributed by atoms with van der Waals surface area (Å²) in [6, 6.07) is 12.1. The largest absolute Gasteiger partial charge is 0.379 e. The molecule has 0 aliphatic rings. The highest BCUT2D eigenvalue weighted by Gasteiger charge is 2.20. The summed E-state index contributed by atoms with van der Waals surface area (Å²) in [7, 11) is 0. The number of nitrogens with one attached hydrogen (secondary N) is 1. The molecule has 3 aromatic rings. The third kappa shape index (κ3) is 6.40. The molecule has 0 saturated heterocycles. The molecule has 170 valence electrons. The summed E-state index contributed by atoms with van der Waals surface area (Å²) in [5.41, 5.74) is 3.08. The number of thioether (sulfide) groups is 1. The van der Waals surface area contributed by atoms with Crippen molar-refractivity contribution in [2.24, 2.45) is 0 Å². The lowest BCUT2D eigenvalue weighted by atomic mass is 10.0. The minimum Gasteiger partial charge on any atom is -0.379 e. The maximum absolute atomic E-state index is 12.4. The fourth-order valence-corrected chi connectivity index (χ4v) is 4.02. The Hall–Kier alpha value is -2.71. The first-order chi connectivity index (χ1) is 15.5. The Bertz CT molecular complexity index is 1000.